The Balaban J connectivity index is 0. The topological polar surface area (TPSA) is 38.3 Å². The molecule has 0 radical (unpaired) electrons. The lowest BCUT2D eigenvalue weighted by Crippen LogP contribution is -2.16. The average Bonchev–Trinajstić information content (AvgIpc) is 2.65. The first-order valence-corrected chi connectivity index (χ1v) is 11.2. The monoisotopic (exact) mass is 369 g/mol. The molecule has 0 aromatic heterocycles. The molecule has 0 heterocycles. The minimum absolute atomic E-state index is 0.359. The van der Waals surface area contributed by atoms with Crippen molar-refractivity contribution < 1.29 is 9.53 Å². The van der Waals surface area contributed by atoms with Gasteiger partial charge in [-0.05, 0) is 32.9 Å². The number of esters is 1. The Kier molecular flexibility index (Phi) is 27.8. The van der Waals surface area contributed by atoms with Crippen molar-refractivity contribution in [3.63, 3.8) is 0 Å². The Labute approximate surface area is 164 Å². The highest BCUT2D eigenvalue weighted by atomic mass is 16.5. The number of carbonyl (C=O) groups is 1. The maximum atomic E-state index is 10.1. The van der Waals surface area contributed by atoms with Crippen LogP contribution in [0.25, 0.3) is 0 Å². The summed E-state index contributed by atoms with van der Waals surface area (Å²) in [4.78, 5) is 10.1. The molecule has 26 heavy (non-hydrogen) atoms. The van der Waals surface area contributed by atoms with Gasteiger partial charge in [-0.25, -0.2) is 4.79 Å². The molecule has 0 amide bonds. The van der Waals surface area contributed by atoms with Crippen LogP contribution in [0.5, 0.6) is 0 Å². The smallest absolute Gasteiger partial charge is 0.330 e. The second-order valence-electron chi connectivity index (χ2n) is 6.95. The largest absolute Gasteiger partial charge is 0.463 e. The second-order valence-corrected chi connectivity index (χ2v) is 6.95. The molecule has 0 spiro atoms. The van der Waals surface area contributed by atoms with Gasteiger partial charge in [-0.2, -0.15) is 0 Å². The molecule has 0 fully saturated rings. The fourth-order valence-corrected chi connectivity index (χ4v) is 2.74. The third kappa shape index (κ3) is 28.0. The fourth-order valence-electron chi connectivity index (χ4n) is 2.74. The zero-order valence-electron chi connectivity index (χ0n) is 18.1. The van der Waals surface area contributed by atoms with Gasteiger partial charge in [0.25, 0.3) is 0 Å². The fraction of sp³-hybridized carbons (Fsp3) is 0.870. The van der Waals surface area contributed by atoms with E-state index in [0.29, 0.717) is 6.61 Å². The molecule has 0 aliphatic carbocycles. The van der Waals surface area contributed by atoms with Crippen molar-refractivity contribution in [3.05, 3.63) is 12.7 Å². The lowest BCUT2D eigenvalue weighted by atomic mass is 10.1. The number of ether oxygens (including phenoxy) is 1. The van der Waals surface area contributed by atoms with Gasteiger partial charge in [-0.1, -0.05) is 97.5 Å². The van der Waals surface area contributed by atoms with Crippen LogP contribution in [0.4, 0.5) is 0 Å². The number of carbonyl (C=O) groups excluding carboxylic acids is 1. The molecule has 0 unspecified atom stereocenters. The van der Waals surface area contributed by atoms with Gasteiger partial charge in [0.1, 0.15) is 0 Å². The minimum atomic E-state index is -0.359. The molecule has 156 valence electrons. The van der Waals surface area contributed by atoms with E-state index in [-0.39, 0.29) is 5.97 Å². The zero-order valence-corrected chi connectivity index (χ0v) is 18.1. The van der Waals surface area contributed by atoms with Gasteiger partial charge in [0, 0.05) is 6.08 Å². The third-order valence-corrected chi connectivity index (χ3v) is 4.37. The Morgan fingerprint density at radius 1 is 0.731 bits per heavy atom. The van der Waals surface area contributed by atoms with Gasteiger partial charge >= 0.3 is 5.97 Å². The molecule has 0 saturated heterocycles. The highest BCUT2D eigenvalue weighted by molar-refractivity contribution is 5.81. The normalized spacial score (nSPS) is 10.1. The van der Waals surface area contributed by atoms with Crippen molar-refractivity contribution in [2.75, 3.05) is 19.7 Å². The Morgan fingerprint density at radius 2 is 1.12 bits per heavy atom. The molecule has 0 aliphatic rings. The molecular weight excluding hydrogens is 322 g/mol. The summed E-state index contributed by atoms with van der Waals surface area (Å²) in [6.45, 7) is 12.4. The summed E-state index contributed by atoms with van der Waals surface area (Å²) in [6, 6.07) is 0. The van der Waals surface area contributed by atoms with Crippen LogP contribution in [0.1, 0.15) is 111 Å². The summed E-state index contributed by atoms with van der Waals surface area (Å²) >= 11 is 0. The van der Waals surface area contributed by atoms with Gasteiger partial charge in [-0.3, -0.25) is 0 Å². The van der Waals surface area contributed by atoms with E-state index >= 15 is 0 Å². The van der Waals surface area contributed by atoms with Gasteiger partial charge in [0.2, 0.25) is 0 Å². The molecule has 0 atom stereocenters. The first kappa shape index (κ1) is 27.4. The summed E-state index contributed by atoms with van der Waals surface area (Å²) in [7, 11) is 0. The number of unbranched alkanes of at least 4 members (excludes halogenated alkanes) is 12. The van der Waals surface area contributed by atoms with E-state index in [1.54, 1.807) is 6.92 Å². The molecule has 0 aromatic rings. The van der Waals surface area contributed by atoms with Crippen LogP contribution in [0.2, 0.25) is 0 Å². The molecule has 0 bridgehead atoms. The van der Waals surface area contributed by atoms with E-state index in [9.17, 15) is 4.79 Å². The second kappa shape index (κ2) is 26.4. The van der Waals surface area contributed by atoms with Crippen LogP contribution in [0.15, 0.2) is 12.7 Å². The molecule has 0 saturated carbocycles. The van der Waals surface area contributed by atoms with Crippen molar-refractivity contribution in [1.29, 1.82) is 0 Å². The number of rotatable bonds is 18. The predicted octanol–water partition coefficient (Wildman–Crippen LogP) is 6.81. The maximum absolute atomic E-state index is 10.1. The molecular formula is C23H47NO2. The van der Waals surface area contributed by atoms with Crippen LogP contribution in [0, 0.1) is 0 Å². The number of hydrogen-bond donors (Lipinski definition) is 1. The first-order valence-electron chi connectivity index (χ1n) is 11.2. The van der Waals surface area contributed by atoms with E-state index in [4.69, 9.17) is 0 Å². The van der Waals surface area contributed by atoms with Crippen molar-refractivity contribution in [3.8, 4) is 0 Å². The van der Waals surface area contributed by atoms with Crippen molar-refractivity contribution in [2.45, 2.75) is 111 Å². The van der Waals surface area contributed by atoms with Crippen molar-refractivity contribution >= 4 is 5.97 Å². The van der Waals surface area contributed by atoms with Gasteiger partial charge < -0.3 is 10.1 Å². The summed E-state index contributed by atoms with van der Waals surface area (Å²) < 4.78 is 4.43. The highest BCUT2D eigenvalue weighted by Gasteiger charge is 1.93. The van der Waals surface area contributed by atoms with E-state index in [0.717, 1.165) is 6.08 Å². The molecule has 0 aliphatic heterocycles. The summed E-state index contributed by atoms with van der Waals surface area (Å²) in [5, 5.41) is 3.59. The average molecular weight is 370 g/mol. The molecule has 0 aromatic carbocycles. The molecule has 0 rings (SSSR count). The quantitative estimate of drug-likeness (QED) is 0.164. The third-order valence-electron chi connectivity index (χ3n) is 4.37. The first-order chi connectivity index (χ1) is 12.7. The van der Waals surface area contributed by atoms with Crippen LogP contribution < -0.4 is 5.32 Å². The van der Waals surface area contributed by atoms with Crippen molar-refractivity contribution in [2.24, 2.45) is 0 Å². The molecule has 3 heteroatoms. The van der Waals surface area contributed by atoms with Crippen LogP contribution in [-0.2, 0) is 9.53 Å². The Morgan fingerprint density at radius 3 is 1.42 bits per heavy atom. The predicted molar refractivity (Wildman–Crippen MR) is 116 cm³/mol. The van der Waals surface area contributed by atoms with E-state index in [2.05, 4.69) is 30.5 Å². The maximum Gasteiger partial charge on any atom is 0.330 e. The number of nitrogens with one attached hydrogen (secondary N) is 1. The summed E-state index contributed by atoms with van der Waals surface area (Å²) in [5.74, 6) is -0.359. The van der Waals surface area contributed by atoms with Crippen molar-refractivity contribution in [1.82, 2.24) is 5.32 Å². The van der Waals surface area contributed by atoms with E-state index < -0.39 is 0 Å². The van der Waals surface area contributed by atoms with Crippen LogP contribution in [0.3, 0.4) is 0 Å². The molecule has 1 N–H and O–H groups in total. The lowest BCUT2D eigenvalue weighted by molar-refractivity contribution is -0.137. The Bertz CT molecular complexity index is 263. The lowest BCUT2D eigenvalue weighted by Gasteiger charge is -2.05. The van der Waals surface area contributed by atoms with Gasteiger partial charge in [0.15, 0.2) is 0 Å². The SMILES string of the molecule is C=CC(=O)OCC.CCCCCCCCCNCCCCCCCCC. The minimum Gasteiger partial charge on any atom is -0.463 e. The molecule has 3 nitrogen and oxygen atoms in total. The highest BCUT2D eigenvalue weighted by Crippen LogP contribution is 2.07. The van der Waals surface area contributed by atoms with E-state index in [1.165, 1.54) is 103 Å². The van der Waals surface area contributed by atoms with Crippen LogP contribution >= 0.6 is 0 Å². The van der Waals surface area contributed by atoms with Gasteiger partial charge in [0.05, 0.1) is 6.61 Å². The standard InChI is InChI=1S/C18H39N.C5H8O2/c1-3-5-7-9-11-13-15-17-19-18-16-14-12-10-8-6-4-2;1-3-5(6)7-4-2/h19H,3-18H2,1-2H3;3H,1,4H2,2H3. The van der Waals surface area contributed by atoms with Crippen LogP contribution in [-0.4, -0.2) is 25.7 Å². The number of hydrogen-bond acceptors (Lipinski definition) is 3. The Hall–Kier alpha value is -0.830. The summed E-state index contributed by atoms with van der Waals surface area (Å²) in [5.41, 5.74) is 0. The summed E-state index contributed by atoms with van der Waals surface area (Å²) in [6.07, 6.45) is 21.0. The van der Waals surface area contributed by atoms with Gasteiger partial charge in [-0.15, -0.1) is 0 Å². The van der Waals surface area contributed by atoms with E-state index in [1.807, 2.05) is 0 Å². The zero-order chi connectivity index (χ0) is 19.7.